The topological polar surface area (TPSA) is 81.9 Å². The molecule has 0 fully saturated rings. The fourth-order valence-electron chi connectivity index (χ4n) is 2.44. The maximum Gasteiger partial charge on any atom is 0.191 e. The predicted molar refractivity (Wildman–Crippen MR) is 105 cm³/mol. The highest BCUT2D eigenvalue weighted by molar-refractivity contribution is 7.99. The minimum Gasteiger partial charge on any atom is -0.308 e. The molecule has 0 saturated heterocycles. The lowest BCUT2D eigenvalue weighted by Gasteiger charge is -2.06. The number of ketones is 1. The average Bonchev–Trinajstić information content (AvgIpc) is 3.00. The normalized spacial score (nSPS) is 11.5. The van der Waals surface area contributed by atoms with Crippen LogP contribution in [0.15, 0.2) is 58.6 Å². The van der Waals surface area contributed by atoms with Gasteiger partial charge in [-0.1, -0.05) is 29.5 Å². The first-order chi connectivity index (χ1) is 13.3. The van der Waals surface area contributed by atoms with E-state index in [0.29, 0.717) is 10.7 Å². The van der Waals surface area contributed by atoms with Gasteiger partial charge < -0.3 is 4.57 Å². The molecule has 9 heteroatoms. The van der Waals surface area contributed by atoms with Crippen LogP contribution >= 0.6 is 11.8 Å². The van der Waals surface area contributed by atoms with Crippen molar-refractivity contribution in [1.82, 2.24) is 14.8 Å². The Bertz CT molecular complexity index is 1090. The van der Waals surface area contributed by atoms with E-state index in [4.69, 9.17) is 0 Å². The van der Waals surface area contributed by atoms with Crippen molar-refractivity contribution in [3.8, 4) is 0 Å². The van der Waals surface area contributed by atoms with E-state index in [0.717, 1.165) is 17.3 Å². The molecular weight excluding hydrogens is 401 g/mol. The molecule has 1 heterocycles. The number of rotatable bonds is 7. The minimum absolute atomic E-state index is 0.0856. The summed E-state index contributed by atoms with van der Waals surface area (Å²) in [5.74, 6) is -0.495. The molecule has 1 aromatic heterocycles. The molecule has 0 spiro atoms. The number of Topliss-reactive ketones (excluding diaryl/α,β-unsaturated/α-hetero) is 1. The van der Waals surface area contributed by atoms with Crippen LogP contribution < -0.4 is 0 Å². The van der Waals surface area contributed by atoms with Gasteiger partial charge >= 0.3 is 0 Å². The second kappa shape index (κ2) is 8.24. The van der Waals surface area contributed by atoms with Gasteiger partial charge in [0.1, 0.15) is 17.4 Å². The average molecular weight is 420 g/mol. The van der Waals surface area contributed by atoms with Crippen molar-refractivity contribution in [1.29, 1.82) is 0 Å². The van der Waals surface area contributed by atoms with E-state index in [1.807, 2.05) is 6.92 Å². The number of benzene rings is 2. The number of carbonyl (C=O) groups is 1. The molecule has 0 saturated carbocycles. The number of aromatic nitrogens is 3. The molecule has 3 aromatic rings. The fourth-order valence-corrected chi connectivity index (χ4v) is 4.58. The van der Waals surface area contributed by atoms with Gasteiger partial charge in [-0.15, -0.1) is 10.2 Å². The molecule has 0 bridgehead atoms. The highest BCUT2D eigenvalue weighted by Gasteiger charge is 2.20. The zero-order chi connectivity index (χ0) is 20.3. The second-order valence-corrected chi connectivity index (χ2v) is 9.18. The molecule has 0 N–H and O–H groups in total. The highest BCUT2D eigenvalue weighted by Crippen LogP contribution is 2.21. The molecule has 6 nitrogen and oxygen atoms in total. The van der Waals surface area contributed by atoms with Crippen LogP contribution in [0.4, 0.5) is 4.39 Å². The summed E-state index contributed by atoms with van der Waals surface area (Å²) >= 11 is 1.15. The molecule has 28 heavy (non-hydrogen) atoms. The first-order valence-corrected chi connectivity index (χ1v) is 11.0. The van der Waals surface area contributed by atoms with Crippen molar-refractivity contribution >= 4 is 27.4 Å². The van der Waals surface area contributed by atoms with Crippen LogP contribution in [0.1, 0.15) is 21.7 Å². The lowest BCUT2D eigenvalue weighted by molar-refractivity contribution is 0.102. The largest absolute Gasteiger partial charge is 0.308 e. The predicted octanol–water partition coefficient (Wildman–Crippen LogP) is 3.21. The van der Waals surface area contributed by atoms with Gasteiger partial charge in [0.05, 0.1) is 10.6 Å². The highest BCUT2D eigenvalue weighted by atomic mass is 32.2. The zero-order valence-electron chi connectivity index (χ0n) is 15.3. The standard InChI is InChI=1S/C19H18FN3O3S2/c1-13-3-9-16(10-4-13)28(25,26)12-18-21-22-19(23(18)2)27-11-17(24)14-5-7-15(20)8-6-14/h3-10H,11-12H2,1-2H3. The Balaban J connectivity index is 1.69. The van der Waals surface area contributed by atoms with Crippen molar-refractivity contribution in [3.05, 3.63) is 71.3 Å². The van der Waals surface area contributed by atoms with Crippen LogP contribution in [0.3, 0.4) is 0 Å². The van der Waals surface area contributed by atoms with E-state index in [1.54, 1.807) is 35.9 Å². The molecule has 2 aromatic carbocycles. The van der Waals surface area contributed by atoms with Gasteiger partial charge in [-0.25, -0.2) is 12.8 Å². The number of hydrogen-bond donors (Lipinski definition) is 0. The number of carbonyl (C=O) groups excluding carboxylic acids is 1. The summed E-state index contributed by atoms with van der Waals surface area (Å²) in [5.41, 5.74) is 1.38. The van der Waals surface area contributed by atoms with Crippen molar-refractivity contribution in [2.45, 2.75) is 22.7 Å². The van der Waals surface area contributed by atoms with Crippen LogP contribution in [-0.4, -0.2) is 34.7 Å². The van der Waals surface area contributed by atoms with Crippen molar-refractivity contribution < 1.29 is 17.6 Å². The van der Waals surface area contributed by atoms with Gasteiger partial charge in [-0.2, -0.15) is 0 Å². The van der Waals surface area contributed by atoms with Crippen molar-refractivity contribution in [2.75, 3.05) is 5.75 Å². The Morgan fingerprint density at radius 3 is 2.36 bits per heavy atom. The second-order valence-electron chi connectivity index (χ2n) is 6.25. The van der Waals surface area contributed by atoms with Crippen molar-refractivity contribution in [2.24, 2.45) is 7.05 Å². The number of aryl methyl sites for hydroxylation is 1. The summed E-state index contributed by atoms with van der Waals surface area (Å²) in [5, 5.41) is 8.38. The van der Waals surface area contributed by atoms with Crippen LogP contribution in [0, 0.1) is 12.7 Å². The first kappa shape index (κ1) is 20.2. The Hall–Kier alpha value is -2.52. The van der Waals surface area contributed by atoms with E-state index in [2.05, 4.69) is 10.2 Å². The van der Waals surface area contributed by atoms with E-state index in [1.165, 1.54) is 24.3 Å². The molecule has 3 rings (SSSR count). The quantitative estimate of drug-likeness (QED) is 0.432. The number of hydrogen-bond acceptors (Lipinski definition) is 6. The van der Waals surface area contributed by atoms with Gasteiger partial charge in [-0.05, 0) is 43.3 Å². The third-order valence-electron chi connectivity index (χ3n) is 4.12. The van der Waals surface area contributed by atoms with Gasteiger partial charge in [0.25, 0.3) is 0 Å². The Morgan fingerprint density at radius 2 is 1.71 bits per heavy atom. The summed E-state index contributed by atoms with van der Waals surface area (Å²) < 4.78 is 39.7. The summed E-state index contributed by atoms with van der Waals surface area (Å²) in [6.07, 6.45) is 0. The monoisotopic (exact) mass is 419 g/mol. The first-order valence-electron chi connectivity index (χ1n) is 8.35. The summed E-state index contributed by atoms with van der Waals surface area (Å²) in [6.45, 7) is 1.88. The number of sulfone groups is 1. The molecule has 0 aliphatic rings. The molecular formula is C19H18FN3O3S2. The summed E-state index contributed by atoms with van der Waals surface area (Å²) in [6, 6.07) is 11.9. The molecule has 0 aliphatic heterocycles. The van der Waals surface area contributed by atoms with Crippen LogP contribution in [0.25, 0.3) is 0 Å². The Morgan fingerprint density at radius 1 is 1.07 bits per heavy atom. The lowest BCUT2D eigenvalue weighted by Crippen LogP contribution is -2.10. The third kappa shape index (κ3) is 4.66. The molecule has 0 amide bonds. The van der Waals surface area contributed by atoms with E-state index in [9.17, 15) is 17.6 Å². The molecule has 0 atom stereocenters. The maximum atomic E-state index is 12.9. The number of thioether (sulfide) groups is 1. The van der Waals surface area contributed by atoms with Crippen molar-refractivity contribution in [3.63, 3.8) is 0 Å². The Kier molecular flexibility index (Phi) is 5.95. The van der Waals surface area contributed by atoms with Gasteiger partial charge in [0, 0.05) is 12.6 Å². The molecule has 146 valence electrons. The maximum absolute atomic E-state index is 12.9. The summed E-state index contributed by atoms with van der Waals surface area (Å²) in [7, 11) is -1.90. The Labute approximate surface area is 166 Å². The van der Waals surface area contributed by atoms with Crippen LogP contribution in [0.5, 0.6) is 0 Å². The third-order valence-corrected chi connectivity index (χ3v) is 6.77. The van der Waals surface area contributed by atoms with E-state index < -0.39 is 15.7 Å². The van der Waals surface area contributed by atoms with E-state index in [-0.39, 0.29) is 28.0 Å². The zero-order valence-corrected chi connectivity index (χ0v) is 16.9. The van der Waals surface area contributed by atoms with Crippen LogP contribution in [-0.2, 0) is 22.6 Å². The van der Waals surface area contributed by atoms with Gasteiger partial charge in [0.15, 0.2) is 20.8 Å². The number of nitrogens with zero attached hydrogens (tertiary/aromatic N) is 3. The molecule has 0 radical (unpaired) electrons. The lowest BCUT2D eigenvalue weighted by atomic mass is 10.1. The minimum atomic E-state index is -3.55. The number of halogens is 1. The van der Waals surface area contributed by atoms with Gasteiger partial charge in [-0.3, -0.25) is 4.79 Å². The molecule has 0 unspecified atom stereocenters. The molecule has 0 aliphatic carbocycles. The smallest absolute Gasteiger partial charge is 0.191 e. The van der Waals surface area contributed by atoms with Crippen LogP contribution in [0.2, 0.25) is 0 Å². The SMILES string of the molecule is Cc1ccc(S(=O)(=O)Cc2nnc(SCC(=O)c3ccc(F)cc3)n2C)cc1. The summed E-state index contributed by atoms with van der Waals surface area (Å²) in [4.78, 5) is 12.4. The van der Waals surface area contributed by atoms with Gasteiger partial charge in [0.2, 0.25) is 0 Å². The van der Waals surface area contributed by atoms with E-state index >= 15 is 0 Å². The fraction of sp³-hybridized carbons (Fsp3) is 0.211.